The highest BCUT2D eigenvalue weighted by molar-refractivity contribution is 7.93. The van der Waals surface area contributed by atoms with Crippen LogP contribution in [-0.2, 0) is 16.6 Å². The molecule has 0 amide bonds. The number of benzene rings is 1. The summed E-state index contributed by atoms with van der Waals surface area (Å²) in [6.07, 6.45) is 0. The molecule has 3 N–H and O–H groups in total. The summed E-state index contributed by atoms with van der Waals surface area (Å²) in [4.78, 5) is 0.984. The first kappa shape index (κ1) is 14.0. The van der Waals surface area contributed by atoms with Crippen molar-refractivity contribution in [1.82, 2.24) is 0 Å². The first-order valence-corrected chi connectivity index (χ1v) is 8.17. The number of aryl methyl sites for hydroxylation is 2. The minimum absolute atomic E-state index is 0.225. The maximum Gasteiger partial charge on any atom is 0.263 e. The minimum Gasteiger partial charge on any atom is -0.326 e. The van der Waals surface area contributed by atoms with Crippen LogP contribution in [0.25, 0.3) is 0 Å². The Kier molecular flexibility index (Phi) is 3.93. The molecule has 1 aromatic heterocycles. The fourth-order valence-corrected chi connectivity index (χ4v) is 4.58. The predicted octanol–water partition coefficient (Wildman–Crippen LogP) is 2.62. The Morgan fingerprint density at radius 3 is 2.42 bits per heavy atom. The van der Waals surface area contributed by atoms with Crippen LogP contribution in [0.2, 0.25) is 0 Å². The minimum atomic E-state index is -3.58. The molecule has 0 aliphatic rings. The molecular weight excluding hydrogens is 280 g/mol. The summed E-state index contributed by atoms with van der Waals surface area (Å²) >= 11 is 1.37. The van der Waals surface area contributed by atoms with Crippen LogP contribution in [0.4, 0.5) is 5.69 Å². The van der Waals surface area contributed by atoms with Crippen LogP contribution in [0.15, 0.2) is 34.5 Å². The van der Waals surface area contributed by atoms with Gasteiger partial charge in [-0.2, -0.15) is 0 Å². The summed E-state index contributed by atoms with van der Waals surface area (Å²) in [5.74, 6) is 0. The number of thiophene rings is 1. The second-order valence-electron chi connectivity index (χ2n) is 4.35. The van der Waals surface area contributed by atoms with E-state index >= 15 is 0 Å². The summed E-state index contributed by atoms with van der Waals surface area (Å²) in [5.41, 5.74) is 7.95. The lowest BCUT2D eigenvalue weighted by molar-refractivity contribution is 0.600. The van der Waals surface area contributed by atoms with Crippen LogP contribution >= 0.6 is 11.3 Å². The number of rotatable bonds is 4. The SMILES string of the molecule is Cc1ccc(NS(=O)(=O)c2c(C)csc2CN)cc1. The van der Waals surface area contributed by atoms with Gasteiger partial charge in [-0.05, 0) is 36.9 Å². The summed E-state index contributed by atoms with van der Waals surface area (Å²) in [6, 6.07) is 7.22. The average molecular weight is 296 g/mol. The molecule has 1 aromatic carbocycles. The molecule has 0 radical (unpaired) electrons. The van der Waals surface area contributed by atoms with Crippen molar-refractivity contribution < 1.29 is 8.42 Å². The van der Waals surface area contributed by atoms with Gasteiger partial charge >= 0.3 is 0 Å². The van der Waals surface area contributed by atoms with Crippen LogP contribution in [0.1, 0.15) is 16.0 Å². The van der Waals surface area contributed by atoms with E-state index in [0.29, 0.717) is 15.5 Å². The number of anilines is 1. The molecule has 19 heavy (non-hydrogen) atoms. The maximum atomic E-state index is 12.4. The quantitative estimate of drug-likeness (QED) is 0.911. The van der Waals surface area contributed by atoms with Gasteiger partial charge in [-0.3, -0.25) is 4.72 Å². The van der Waals surface area contributed by atoms with Crippen molar-refractivity contribution in [3.05, 3.63) is 45.6 Å². The highest BCUT2D eigenvalue weighted by Gasteiger charge is 2.22. The standard InChI is InChI=1S/C13H16N2O2S2/c1-9-3-5-11(6-4-9)15-19(16,17)13-10(2)8-18-12(13)7-14/h3-6,8,15H,7,14H2,1-2H3. The number of hydrogen-bond donors (Lipinski definition) is 2. The van der Waals surface area contributed by atoms with Crippen molar-refractivity contribution in [2.45, 2.75) is 25.3 Å². The van der Waals surface area contributed by atoms with Crippen LogP contribution in [-0.4, -0.2) is 8.42 Å². The van der Waals surface area contributed by atoms with Crippen molar-refractivity contribution in [2.24, 2.45) is 5.73 Å². The first-order chi connectivity index (χ1) is 8.94. The average Bonchev–Trinajstić information content (AvgIpc) is 2.74. The van der Waals surface area contributed by atoms with Gasteiger partial charge in [0.15, 0.2) is 0 Å². The molecule has 4 nitrogen and oxygen atoms in total. The lowest BCUT2D eigenvalue weighted by Crippen LogP contribution is -2.15. The van der Waals surface area contributed by atoms with Gasteiger partial charge in [-0.25, -0.2) is 8.42 Å². The second kappa shape index (κ2) is 5.32. The zero-order valence-electron chi connectivity index (χ0n) is 10.8. The molecular formula is C13H16N2O2S2. The summed E-state index contributed by atoms with van der Waals surface area (Å²) < 4.78 is 27.4. The van der Waals surface area contributed by atoms with Gasteiger partial charge in [0.05, 0.1) is 0 Å². The molecule has 0 saturated carbocycles. The fraction of sp³-hybridized carbons (Fsp3) is 0.231. The first-order valence-electron chi connectivity index (χ1n) is 5.80. The fourth-order valence-electron chi connectivity index (χ4n) is 1.82. The Bertz CT molecular complexity index is 673. The number of sulfonamides is 1. The van der Waals surface area contributed by atoms with E-state index < -0.39 is 10.0 Å². The van der Waals surface area contributed by atoms with Crippen molar-refractivity contribution in [3.8, 4) is 0 Å². The van der Waals surface area contributed by atoms with Crippen molar-refractivity contribution in [3.63, 3.8) is 0 Å². The van der Waals surface area contributed by atoms with E-state index in [0.717, 1.165) is 11.1 Å². The third kappa shape index (κ3) is 2.97. The Hall–Kier alpha value is -1.37. The van der Waals surface area contributed by atoms with Crippen LogP contribution in [0.3, 0.4) is 0 Å². The Balaban J connectivity index is 2.37. The molecule has 0 aliphatic carbocycles. The van der Waals surface area contributed by atoms with Gasteiger partial charge in [0.2, 0.25) is 0 Å². The van der Waals surface area contributed by atoms with E-state index in [1.54, 1.807) is 19.1 Å². The van der Waals surface area contributed by atoms with Crippen molar-refractivity contribution in [2.75, 3.05) is 4.72 Å². The summed E-state index contributed by atoms with van der Waals surface area (Å²) in [5, 5.41) is 1.81. The Morgan fingerprint density at radius 2 is 1.84 bits per heavy atom. The van der Waals surface area contributed by atoms with Gasteiger partial charge in [-0.1, -0.05) is 17.7 Å². The van der Waals surface area contributed by atoms with E-state index in [4.69, 9.17) is 5.73 Å². The highest BCUT2D eigenvalue weighted by atomic mass is 32.2. The van der Waals surface area contributed by atoms with Gasteiger partial charge in [0, 0.05) is 17.1 Å². The largest absolute Gasteiger partial charge is 0.326 e. The molecule has 0 unspecified atom stereocenters. The molecule has 102 valence electrons. The zero-order chi connectivity index (χ0) is 14.0. The smallest absolute Gasteiger partial charge is 0.263 e. The molecule has 0 saturated heterocycles. The van der Waals surface area contributed by atoms with E-state index in [2.05, 4.69) is 4.72 Å². The van der Waals surface area contributed by atoms with Crippen molar-refractivity contribution >= 4 is 27.0 Å². The molecule has 0 atom stereocenters. The Labute approximate surface area is 117 Å². The van der Waals surface area contributed by atoms with Crippen molar-refractivity contribution in [1.29, 1.82) is 0 Å². The van der Waals surface area contributed by atoms with E-state index in [1.807, 2.05) is 24.4 Å². The van der Waals surface area contributed by atoms with Crippen LogP contribution < -0.4 is 10.5 Å². The Morgan fingerprint density at radius 1 is 1.21 bits per heavy atom. The molecule has 2 aromatic rings. The number of hydrogen-bond acceptors (Lipinski definition) is 4. The predicted molar refractivity (Wildman–Crippen MR) is 78.9 cm³/mol. The third-order valence-corrected chi connectivity index (χ3v) is 5.61. The van der Waals surface area contributed by atoms with Gasteiger partial charge in [-0.15, -0.1) is 11.3 Å². The van der Waals surface area contributed by atoms with E-state index in [-0.39, 0.29) is 6.54 Å². The maximum absolute atomic E-state index is 12.4. The monoisotopic (exact) mass is 296 g/mol. The molecule has 6 heteroatoms. The normalized spacial score (nSPS) is 11.5. The molecule has 2 rings (SSSR count). The molecule has 1 heterocycles. The summed E-state index contributed by atoms with van der Waals surface area (Å²) in [7, 11) is -3.58. The summed E-state index contributed by atoms with van der Waals surface area (Å²) in [6.45, 7) is 3.95. The molecule has 0 fully saturated rings. The topological polar surface area (TPSA) is 72.2 Å². The lowest BCUT2D eigenvalue weighted by atomic mass is 10.2. The number of nitrogens with two attached hydrogens (primary N) is 1. The molecule has 0 aliphatic heterocycles. The van der Waals surface area contributed by atoms with Crippen LogP contribution in [0, 0.1) is 13.8 Å². The van der Waals surface area contributed by atoms with Gasteiger partial charge < -0.3 is 5.73 Å². The third-order valence-electron chi connectivity index (χ3n) is 2.75. The molecule has 0 bridgehead atoms. The van der Waals surface area contributed by atoms with Gasteiger partial charge in [0.25, 0.3) is 10.0 Å². The lowest BCUT2D eigenvalue weighted by Gasteiger charge is -2.09. The van der Waals surface area contributed by atoms with E-state index in [9.17, 15) is 8.42 Å². The van der Waals surface area contributed by atoms with E-state index in [1.165, 1.54) is 11.3 Å². The molecule has 0 spiro atoms. The van der Waals surface area contributed by atoms with Gasteiger partial charge in [0.1, 0.15) is 4.90 Å². The van der Waals surface area contributed by atoms with Crippen LogP contribution in [0.5, 0.6) is 0 Å². The second-order valence-corrected chi connectivity index (χ2v) is 6.93. The highest BCUT2D eigenvalue weighted by Crippen LogP contribution is 2.28. The zero-order valence-corrected chi connectivity index (χ0v) is 12.4. The number of nitrogens with one attached hydrogen (secondary N) is 1.